The molecule has 0 aliphatic carbocycles. The van der Waals surface area contributed by atoms with Crippen LogP contribution in [0.25, 0.3) is 0 Å². The summed E-state index contributed by atoms with van der Waals surface area (Å²) in [6, 6.07) is 5.02. The minimum Gasteiger partial charge on any atom is -0.491 e. The first kappa shape index (κ1) is 14.1. The fourth-order valence-corrected chi connectivity index (χ4v) is 1.89. The quantitative estimate of drug-likeness (QED) is 0.888. The van der Waals surface area contributed by atoms with Crippen LogP contribution in [-0.4, -0.2) is 28.5 Å². The van der Waals surface area contributed by atoms with Gasteiger partial charge in [-0.3, -0.25) is 0 Å². The minimum absolute atomic E-state index is 0.0154. The summed E-state index contributed by atoms with van der Waals surface area (Å²) in [5.74, 6) is 1.44. The molecule has 0 amide bonds. The summed E-state index contributed by atoms with van der Waals surface area (Å²) in [6.07, 6.45) is 0.828. The van der Waals surface area contributed by atoms with E-state index >= 15 is 0 Å². The second-order valence-corrected chi connectivity index (χ2v) is 4.58. The summed E-state index contributed by atoms with van der Waals surface area (Å²) >= 11 is 11.8. The number of aromatic nitrogens is 2. The number of ether oxygens (including phenoxy) is 1. The van der Waals surface area contributed by atoms with Crippen LogP contribution >= 0.6 is 23.2 Å². The van der Waals surface area contributed by atoms with E-state index in [-0.39, 0.29) is 6.61 Å². The smallest absolute Gasteiger partial charge is 0.219 e. The number of halogens is 2. The highest BCUT2D eigenvalue weighted by atomic mass is 35.5. The monoisotopic (exact) mass is 302 g/mol. The highest BCUT2D eigenvalue weighted by Crippen LogP contribution is 2.27. The van der Waals surface area contributed by atoms with E-state index in [0.717, 1.165) is 0 Å². The molecule has 7 heteroatoms. The van der Waals surface area contributed by atoms with E-state index in [1.165, 1.54) is 0 Å². The van der Waals surface area contributed by atoms with E-state index in [9.17, 15) is 0 Å². The number of rotatable bonds is 6. The third kappa shape index (κ3) is 4.09. The lowest BCUT2D eigenvalue weighted by atomic mass is 10.3. The first-order valence-electron chi connectivity index (χ1n) is 5.69. The molecule has 0 spiro atoms. The van der Waals surface area contributed by atoms with Crippen LogP contribution < -0.4 is 4.74 Å². The molecule has 1 N–H and O–H groups in total. The molecule has 0 fully saturated rings. The van der Waals surface area contributed by atoms with Crippen molar-refractivity contribution in [3.8, 4) is 5.75 Å². The highest BCUT2D eigenvalue weighted by Gasteiger charge is 2.07. The van der Waals surface area contributed by atoms with Crippen LogP contribution in [0, 0.1) is 0 Å². The van der Waals surface area contributed by atoms with Crippen LogP contribution in [0.15, 0.2) is 22.6 Å². The van der Waals surface area contributed by atoms with Gasteiger partial charge in [-0.05, 0) is 18.2 Å². The highest BCUT2D eigenvalue weighted by molar-refractivity contribution is 6.35. The molecule has 0 aliphatic rings. The Kier molecular flexibility index (Phi) is 5.01. The normalized spacial score (nSPS) is 10.7. The van der Waals surface area contributed by atoms with Gasteiger partial charge in [-0.1, -0.05) is 23.2 Å². The van der Waals surface area contributed by atoms with Crippen molar-refractivity contribution >= 4 is 23.2 Å². The van der Waals surface area contributed by atoms with Gasteiger partial charge in [-0.2, -0.15) is 0 Å². The maximum Gasteiger partial charge on any atom is 0.219 e. The van der Waals surface area contributed by atoms with E-state index in [2.05, 4.69) is 10.2 Å². The van der Waals surface area contributed by atoms with E-state index in [1.807, 2.05) is 0 Å². The van der Waals surface area contributed by atoms with Gasteiger partial charge in [-0.15, -0.1) is 10.2 Å². The van der Waals surface area contributed by atoms with Gasteiger partial charge in [0.1, 0.15) is 5.75 Å². The lowest BCUT2D eigenvalue weighted by molar-refractivity contribution is 0.278. The number of hydrogen-bond acceptors (Lipinski definition) is 5. The molecular weight excluding hydrogens is 291 g/mol. The van der Waals surface area contributed by atoms with Crippen LogP contribution in [0.3, 0.4) is 0 Å². The van der Waals surface area contributed by atoms with Gasteiger partial charge in [0.05, 0.1) is 24.7 Å². The fourth-order valence-electron chi connectivity index (χ4n) is 1.43. The number of nitrogens with zero attached hydrogens (tertiary/aromatic N) is 2. The molecule has 2 aromatic rings. The molecule has 0 radical (unpaired) electrons. The molecule has 0 aliphatic heterocycles. The maximum absolute atomic E-state index is 8.73. The second kappa shape index (κ2) is 6.75. The molecular formula is C12H12Cl2N2O3. The van der Waals surface area contributed by atoms with Crippen molar-refractivity contribution in [1.82, 2.24) is 10.2 Å². The van der Waals surface area contributed by atoms with E-state index < -0.39 is 0 Å². The first-order valence-corrected chi connectivity index (χ1v) is 6.44. The lowest BCUT2D eigenvalue weighted by Crippen LogP contribution is -2.02. The molecule has 0 bridgehead atoms. The van der Waals surface area contributed by atoms with Crippen LogP contribution in [0.1, 0.15) is 11.8 Å². The number of aliphatic hydroxyl groups excluding tert-OH is 1. The summed E-state index contributed by atoms with van der Waals surface area (Å²) < 4.78 is 10.8. The van der Waals surface area contributed by atoms with Crippen molar-refractivity contribution in [3.05, 3.63) is 40.0 Å². The number of aliphatic hydroxyl groups is 1. The molecule has 1 heterocycles. The van der Waals surface area contributed by atoms with Crippen molar-refractivity contribution in [3.63, 3.8) is 0 Å². The van der Waals surface area contributed by atoms with Gasteiger partial charge >= 0.3 is 0 Å². The molecule has 19 heavy (non-hydrogen) atoms. The molecule has 2 rings (SSSR count). The van der Waals surface area contributed by atoms with Crippen molar-refractivity contribution in [2.75, 3.05) is 13.2 Å². The van der Waals surface area contributed by atoms with Gasteiger partial charge in [0.25, 0.3) is 0 Å². The lowest BCUT2D eigenvalue weighted by Gasteiger charge is -2.06. The van der Waals surface area contributed by atoms with Crippen molar-refractivity contribution in [1.29, 1.82) is 0 Å². The molecule has 0 atom stereocenters. The van der Waals surface area contributed by atoms with E-state index in [4.69, 9.17) is 37.5 Å². The molecule has 102 valence electrons. The van der Waals surface area contributed by atoms with E-state index in [1.54, 1.807) is 18.2 Å². The van der Waals surface area contributed by atoms with Crippen molar-refractivity contribution in [2.45, 2.75) is 12.8 Å². The predicted molar refractivity (Wildman–Crippen MR) is 70.7 cm³/mol. The van der Waals surface area contributed by atoms with Gasteiger partial charge in [0.2, 0.25) is 11.8 Å². The first-order chi connectivity index (χ1) is 9.19. The van der Waals surface area contributed by atoms with Crippen LogP contribution in [0.4, 0.5) is 0 Å². The third-order valence-electron chi connectivity index (χ3n) is 2.30. The standard InChI is InChI=1S/C12H12Cl2N2O3/c13-8-1-2-10(9(14)7-8)18-6-4-12-16-15-11(19-12)3-5-17/h1-2,7,17H,3-6H2. The zero-order valence-corrected chi connectivity index (χ0v) is 11.5. The summed E-state index contributed by atoms with van der Waals surface area (Å²) in [5.41, 5.74) is 0. The van der Waals surface area contributed by atoms with Gasteiger partial charge in [0, 0.05) is 11.4 Å². The Bertz CT molecular complexity index is 546. The van der Waals surface area contributed by atoms with Crippen LogP contribution in [0.2, 0.25) is 10.0 Å². The van der Waals surface area contributed by atoms with Crippen LogP contribution in [-0.2, 0) is 12.8 Å². The molecule has 0 unspecified atom stereocenters. The summed E-state index contributed by atoms with van der Waals surface area (Å²) in [5, 5.41) is 17.4. The third-order valence-corrected chi connectivity index (χ3v) is 2.83. The zero-order valence-electron chi connectivity index (χ0n) is 9.97. The van der Waals surface area contributed by atoms with Crippen molar-refractivity contribution < 1.29 is 14.3 Å². The molecule has 1 aromatic carbocycles. The maximum atomic E-state index is 8.73. The van der Waals surface area contributed by atoms with Crippen LogP contribution in [0.5, 0.6) is 5.75 Å². The molecule has 1 aromatic heterocycles. The average molecular weight is 303 g/mol. The Balaban J connectivity index is 1.85. The SMILES string of the molecule is OCCc1nnc(CCOc2ccc(Cl)cc2Cl)o1. The Hall–Kier alpha value is -1.30. The molecule has 0 saturated heterocycles. The Morgan fingerprint density at radius 1 is 1.16 bits per heavy atom. The van der Waals surface area contributed by atoms with Crippen molar-refractivity contribution in [2.24, 2.45) is 0 Å². The van der Waals surface area contributed by atoms with Gasteiger partial charge in [-0.25, -0.2) is 0 Å². The topological polar surface area (TPSA) is 68.4 Å². The second-order valence-electron chi connectivity index (χ2n) is 3.74. The average Bonchev–Trinajstić information content (AvgIpc) is 2.80. The summed E-state index contributed by atoms with van der Waals surface area (Å²) in [7, 11) is 0. The predicted octanol–water partition coefficient (Wildman–Crippen LogP) is 2.53. The van der Waals surface area contributed by atoms with Gasteiger partial charge in [0.15, 0.2) is 0 Å². The zero-order chi connectivity index (χ0) is 13.7. The summed E-state index contributed by atoms with van der Waals surface area (Å²) in [6.45, 7) is 0.348. The minimum atomic E-state index is -0.0154. The Labute approximate surface area is 120 Å². The summed E-state index contributed by atoms with van der Waals surface area (Å²) in [4.78, 5) is 0. The fraction of sp³-hybridized carbons (Fsp3) is 0.333. The largest absolute Gasteiger partial charge is 0.491 e. The number of hydrogen-bond donors (Lipinski definition) is 1. The van der Waals surface area contributed by atoms with Gasteiger partial charge < -0.3 is 14.3 Å². The number of benzene rings is 1. The Morgan fingerprint density at radius 2 is 1.89 bits per heavy atom. The molecule has 0 saturated carbocycles. The van der Waals surface area contributed by atoms with E-state index in [0.29, 0.717) is 47.0 Å². The Morgan fingerprint density at radius 3 is 2.58 bits per heavy atom. The molecule has 5 nitrogen and oxygen atoms in total.